The number of para-hydroxylation sites is 3. The third-order valence-corrected chi connectivity index (χ3v) is 3.93. The van der Waals surface area contributed by atoms with Gasteiger partial charge < -0.3 is 5.32 Å². The number of nitrogens with one attached hydrogen (secondary N) is 1. The standard InChI is InChI=1S/C18H17N3O3/c1-12(22)13-7-3-4-8-14(13)19-17(23)11-21-16-10-6-5-9-15(16)20(2)18(21)24/h3-10H,11H2,1-2H3,(H,19,23). The van der Waals surface area contributed by atoms with Crippen LogP contribution in [-0.2, 0) is 18.4 Å². The minimum atomic E-state index is -0.359. The van der Waals surface area contributed by atoms with E-state index >= 15 is 0 Å². The second-order valence-corrected chi connectivity index (χ2v) is 5.57. The summed E-state index contributed by atoms with van der Waals surface area (Å²) >= 11 is 0. The van der Waals surface area contributed by atoms with E-state index < -0.39 is 0 Å². The number of rotatable bonds is 4. The van der Waals surface area contributed by atoms with Crippen LogP contribution in [0.2, 0.25) is 0 Å². The Kier molecular flexibility index (Phi) is 4.04. The van der Waals surface area contributed by atoms with Crippen LogP contribution >= 0.6 is 0 Å². The highest BCUT2D eigenvalue weighted by Crippen LogP contribution is 2.16. The number of Topliss-reactive ketones (excluding diaryl/α,β-unsaturated/α-hetero) is 1. The number of aryl methyl sites for hydroxylation is 1. The van der Waals surface area contributed by atoms with Gasteiger partial charge in [0.05, 0.1) is 16.7 Å². The number of benzene rings is 2. The third kappa shape index (κ3) is 2.74. The van der Waals surface area contributed by atoms with E-state index in [1.165, 1.54) is 16.1 Å². The van der Waals surface area contributed by atoms with Crippen LogP contribution in [0.15, 0.2) is 53.3 Å². The second-order valence-electron chi connectivity index (χ2n) is 5.57. The Morgan fingerprint density at radius 1 is 1.00 bits per heavy atom. The van der Waals surface area contributed by atoms with Crippen LogP contribution in [0.1, 0.15) is 17.3 Å². The number of carbonyl (C=O) groups is 2. The summed E-state index contributed by atoms with van der Waals surface area (Å²) in [5.41, 5.74) is 2.09. The highest BCUT2D eigenvalue weighted by molar-refractivity contribution is 6.03. The molecule has 1 heterocycles. The zero-order chi connectivity index (χ0) is 17.3. The Bertz CT molecular complexity index is 998. The number of imidazole rings is 1. The van der Waals surface area contributed by atoms with Crippen molar-refractivity contribution < 1.29 is 9.59 Å². The van der Waals surface area contributed by atoms with E-state index in [2.05, 4.69) is 5.32 Å². The molecule has 24 heavy (non-hydrogen) atoms. The quantitative estimate of drug-likeness (QED) is 0.748. The fraction of sp³-hybridized carbons (Fsp3) is 0.167. The van der Waals surface area contributed by atoms with Crippen molar-refractivity contribution in [3.8, 4) is 0 Å². The van der Waals surface area contributed by atoms with Gasteiger partial charge in [0.2, 0.25) is 5.91 Å². The minimum absolute atomic E-state index is 0.119. The van der Waals surface area contributed by atoms with E-state index in [0.717, 1.165) is 5.52 Å². The predicted molar refractivity (Wildman–Crippen MR) is 92.3 cm³/mol. The van der Waals surface area contributed by atoms with Gasteiger partial charge in [-0.15, -0.1) is 0 Å². The molecule has 3 rings (SSSR count). The van der Waals surface area contributed by atoms with Crippen LogP contribution in [-0.4, -0.2) is 20.8 Å². The SMILES string of the molecule is CC(=O)c1ccccc1NC(=O)Cn1c(=O)n(C)c2ccccc21. The lowest BCUT2D eigenvalue weighted by molar-refractivity contribution is -0.116. The average molecular weight is 323 g/mol. The number of anilines is 1. The van der Waals surface area contributed by atoms with Crippen LogP contribution < -0.4 is 11.0 Å². The van der Waals surface area contributed by atoms with E-state index in [-0.39, 0.29) is 23.9 Å². The molecule has 0 bridgehead atoms. The number of nitrogens with zero attached hydrogens (tertiary/aromatic N) is 2. The first-order valence-electron chi connectivity index (χ1n) is 7.53. The van der Waals surface area contributed by atoms with Gasteiger partial charge >= 0.3 is 5.69 Å². The minimum Gasteiger partial charge on any atom is -0.324 e. The van der Waals surface area contributed by atoms with Crippen LogP contribution in [0.4, 0.5) is 5.69 Å². The van der Waals surface area contributed by atoms with Crippen molar-refractivity contribution in [2.45, 2.75) is 13.5 Å². The molecule has 3 aromatic rings. The summed E-state index contributed by atoms with van der Waals surface area (Å²) in [7, 11) is 1.67. The van der Waals surface area contributed by atoms with Gasteiger partial charge in [0.25, 0.3) is 0 Å². The van der Waals surface area contributed by atoms with E-state index in [1.807, 2.05) is 18.2 Å². The first-order valence-corrected chi connectivity index (χ1v) is 7.53. The Labute approximate surface area is 138 Å². The lowest BCUT2D eigenvalue weighted by Gasteiger charge is -2.09. The topological polar surface area (TPSA) is 73.1 Å². The summed E-state index contributed by atoms with van der Waals surface area (Å²) in [4.78, 5) is 36.3. The molecule has 0 unspecified atom stereocenters. The lowest BCUT2D eigenvalue weighted by atomic mass is 10.1. The van der Waals surface area contributed by atoms with Crippen LogP contribution in [0.3, 0.4) is 0 Å². The molecule has 0 spiro atoms. The van der Waals surface area contributed by atoms with Crippen molar-refractivity contribution in [2.24, 2.45) is 7.05 Å². The van der Waals surface area contributed by atoms with Gasteiger partial charge in [-0.05, 0) is 31.2 Å². The molecule has 0 radical (unpaired) electrons. The molecule has 0 saturated heterocycles. The highest BCUT2D eigenvalue weighted by atomic mass is 16.2. The van der Waals surface area contributed by atoms with Crippen molar-refractivity contribution in [1.82, 2.24) is 9.13 Å². The number of fused-ring (bicyclic) bond motifs is 1. The molecule has 6 nitrogen and oxygen atoms in total. The van der Waals surface area contributed by atoms with Crippen LogP contribution in [0.5, 0.6) is 0 Å². The molecule has 2 aromatic carbocycles. The van der Waals surface area contributed by atoms with E-state index in [4.69, 9.17) is 0 Å². The Morgan fingerprint density at radius 2 is 1.62 bits per heavy atom. The van der Waals surface area contributed by atoms with Crippen molar-refractivity contribution in [3.63, 3.8) is 0 Å². The van der Waals surface area contributed by atoms with Gasteiger partial charge in [-0.1, -0.05) is 24.3 Å². The molecule has 0 aliphatic rings. The summed E-state index contributed by atoms with van der Waals surface area (Å²) in [5.74, 6) is -0.490. The fourth-order valence-corrected chi connectivity index (χ4v) is 2.75. The van der Waals surface area contributed by atoms with Crippen molar-refractivity contribution in [1.29, 1.82) is 0 Å². The lowest BCUT2D eigenvalue weighted by Crippen LogP contribution is -2.28. The van der Waals surface area contributed by atoms with Gasteiger partial charge in [-0.3, -0.25) is 18.7 Å². The van der Waals surface area contributed by atoms with Gasteiger partial charge in [0.15, 0.2) is 5.78 Å². The van der Waals surface area contributed by atoms with E-state index in [1.54, 1.807) is 37.4 Å². The van der Waals surface area contributed by atoms with Gasteiger partial charge in [-0.2, -0.15) is 0 Å². The Morgan fingerprint density at radius 3 is 2.33 bits per heavy atom. The van der Waals surface area contributed by atoms with Gasteiger partial charge in [0, 0.05) is 12.6 Å². The van der Waals surface area contributed by atoms with Crippen molar-refractivity contribution >= 4 is 28.4 Å². The largest absolute Gasteiger partial charge is 0.329 e. The summed E-state index contributed by atoms with van der Waals surface area (Å²) in [6, 6.07) is 14.1. The van der Waals surface area contributed by atoms with E-state index in [0.29, 0.717) is 16.8 Å². The van der Waals surface area contributed by atoms with Gasteiger partial charge in [0.1, 0.15) is 6.54 Å². The summed E-state index contributed by atoms with van der Waals surface area (Å²) < 4.78 is 2.92. The van der Waals surface area contributed by atoms with Crippen molar-refractivity contribution in [2.75, 3.05) is 5.32 Å². The zero-order valence-corrected chi connectivity index (χ0v) is 13.4. The third-order valence-electron chi connectivity index (χ3n) is 3.93. The average Bonchev–Trinajstić information content (AvgIpc) is 2.80. The molecular formula is C18H17N3O3. The number of aromatic nitrogens is 2. The Hall–Kier alpha value is -3.15. The first kappa shape index (κ1) is 15.7. The molecule has 0 fully saturated rings. The maximum atomic E-state index is 12.4. The molecule has 6 heteroatoms. The van der Waals surface area contributed by atoms with E-state index in [9.17, 15) is 14.4 Å². The molecule has 1 aromatic heterocycles. The second kappa shape index (κ2) is 6.16. The molecule has 1 amide bonds. The highest BCUT2D eigenvalue weighted by Gasteiger charge is 2.15. The molecule has 0 aliphatic carbocycles. The summed E-state index contributed by atoms with van der Waals surface area (Å²) in [6.45, 7) is 1.33. The molecule has 0 atom stereocenters. The number of carbonyl (C=O) groups excluding carboxylic acids is 2. The number of amides is 1. The van der Waals surface area contributed by atoms with Crippen LogP contribution in [0.25, 0.3) is 11.0 Å². The normalized spacial score (nSPS) is 10.8. The van der Waals surface area contributed by atoms with Gasteiger partial charge in [-0.25, -0.2) is 4.79 Å². The zero-order valence-electron chi connectivity index (χ0n) is 13.4. The molecule has 0 saturated carbocycles. The molecule has 1 N–H and O–H groups in total. The Balaban J connectivity index is 1.91. The molecule has 0 aliphatic heterocycles. The maximum Gasteiger partial charge on any atom is 0.329 e. The maximum absolute atomic E-state index is 12.4. The van der Waals surface area contributed by atoms with Crippen molar-refractivity contribution in [3.05, 3.63) is 64.6 Å². The fourth-order valence-electron chi connectivity index (χ4n) is 2.75. The monoisotopic (exact) mass is 323 g/mol. The summed E-state index contributed by atoms with van der Waals surface area (Å²) in [6.07, 6.45) is 0. The summed E-state index contributed by atoms with van der Waals surface area (Å²) in [5, 5.41) is 2.71. The number of hydrogen-bond donors (Lipinski definition) is 1. The predicted octanol–water partition coefficient (Wildman–Crippen LogP) is 2.18. The smallest absolute Gasteiger partial charge is 0.324 e. The molecule has 122 valence electrons. The molecular weight excluding hydrogens is 306 g/mol. The van der Waals surface area contributed by atoms with Crippen LogP contribution in [0, 0.1) is 0 Å². The number of hydrogen-bond acceptors (Lipinski definition) is 3. The first-order chi connectivity index (χ1) is 11.5. The number of ketones is 1.